The Hall–Kier alpha value is -3.79. The molecule has 41 heavy (non-hydrogen) atoms. The molecule has 2 amide bonds. The SMILES string of the molecule is CC(=O)N1CCC(Nc2nc(C3=CC(C)(C)NC(C)(C)C3)cc(C(=O)NCc3c(C)cc(C)[nH]c3=O)c2C=N)CC1. The molecule has 0 aromatic carbocycles. The van der Waals surface area contributed by atoms with Crippen molar-refractivity contribution in [2.24, 2.45) is 0 Å². The van der Waals surface area contributed by atoms with E-state index in [1.807, 2.05) is 24.8 Å². The summed E-state index contributed by atoms with van der Waals surface area (Å²) < 4.78 is 0. The molecule has 1 fully saturated rings. The smallest absolute Gasteiger partial charge is 0.253 e. The number of aryl methyl sites for hydroxylation is 2. The quantitative estimate of drug-likeness (QED) is 0.327. The number of H-pyrrole nitrogens is 1. The lowest BCUT2D eigenvalue weighted by Crippen LogP contribution is -2.53. The first-order valence-electron chi connectivity index (χ1n) is 14.2. The summed E-state index contributed by atoms with van der Waals surface area (Å²) in [5, 5.41) is 18.3. The minimum Gasteiger partial charge on any atom is -0.367 e. The van der Waals surface area contributed by atoms with Crippen LogP contribution in [0, 0.1) is 19.3 Å². The zero-order chi connectivity index (χ0) is 30.1. The van der Waals surface area contributed by atoms with E-state index in [0.29, 0.717) is 47.7 Å². The number of amides is 2. The molecule has 4 rings (SSSR count). The molecule has 0 atom stereocenters. The highest BCUT2D eigenvalue weighted by Gasteiger charge is 2.34. The fourth-order valence-corrected chi connectivity index (χ4v) is 6.14. The predicted octanol–water partition coefficient (Wildman–Crippen LogP) is 3.67. The largest absolute Gasteiger partial charge is 0.367 e. The Morgan fingerprint density at radius 2 is 1.85 bits per heavy atom. The van der Waals surface area contributed by atoms with Crippen LogP contribution in [-0.2, 0) is 11.3 Å². The Bertz CT molecular complexity index is 1450. The van der Waals surface area contributed by atoms with E-state index in [1.165, 1.54) is 0 Å². The van der Waals surface area contributed by atoms with Gasteiger partial charge in [-0.15, -0.1) is 0 Å². The highest BCUT2D eigenvalue weighted by Crippen LogP contribution is 2.35. The van der Waals surface area contributed by atoms with Crippen LogP contribution in [0.1, 0.15) is 92.3 Å². The second-order valence-corrected chi connectivity index (χ2v) is 12.6. The number of rotatable bonds is 7. The van der Waals surface area contributed by atoms with Crippen LogP contribution in [0.4, 0.5) is 5.82 Å². The van der Waals surface area contributed by atoms with Gasteiger partial charge in [-0.2, -0.15) is 0 Å². The van der Waals surface area contributed by atoms with Gasteiger partial charge in [0, 0.05) is 66.7 Å². The standard InChI is InChI=1S/C31H43N7O3/c1-18-12-19(2)34-29(41)25(18)17-33-28(40)23-13-26(21-14-30(4,5)37-31(6,7)15-21)36-27(24(23)16-32)35-22-8-10-38(11-9-22)20(3)39/h12-14,16,22,32,37H,8-11,15,17H2,1-7H3,(H,33,40)(H,34,41)(H,35,36). The fraction of sp³-hybridized carbons (Fsp3) is 0.516. The molecular weight excluding hydrogens is 518 g/mol. The Labute approximate surface area is 241 Å². The van der Waals surface area contributed by atoms with E-state index >= 15 is 0 Å². The molecule has 0 unspecified atom stereocenters. The van der Waals surface area contributed by atoms with E-state index in [1.54, 1.807) is 13.0 Å². The number of carbonyl (C=O) groups is 2. The third-order valence-electron chi connectivity index (χ3n) is 7.81. The van der Waals surface area contributed by atoms with Gasteiger partial charge in [-0.25, -0.2) is 4.98 Å². The van der Waals surface area contributed by atoms with Crippen LogP contribution >= 0.6 is 0 Å². The molecule has 5 N–H and O–H groups in total. The fourth-order valence-electron chi connectivity index (χ4n) is 6.14. The van der Waals surface area contributed by atoms with E-state index in [4.69, 9.17) is 10.4 Å². The highest BCUT2D eigenvalue weighted by atomic mass is 16.2. The van der Waals surface area contributed by atoms with Crippen molar-refractivity contribution in [2.45, 2.75) is 91.4 Å². The summed E-state index contributed by atoms with van der Waals surface area (Å²) in [6, 6.07) is 3.68. The van der Waals surface area contributed by atoms with Gasteiger partial charge in [-0.1, -0.05) is 6.08 Å². The molecule has 0 bridgehead atoms. The van der Waals surface area contributed by atoms with Gasteiger partial charge in [-0.05, 0) is 84.1 Å². The molecule has 10 nitrogen and oxygen atoms in total. The van der Waals surface area contributed by atoms with Crippen LogP contribution in [0.2, 0.25) is 0 Å². The zero-order valence-corrected chi connectivity index (χ0v) is 25.2. The van der Waals surface area contributed by atoms with E-state index in [-0.39, 0.29) is 41.0 Å². The van der Waals surface area contributed by atoms with Crippen molar-refractivity contribution >= 4 is 29.4 Å². The van der Waals surface area contributed by atoms with Crippen molar-refractivity contribution in [3.05, 3.63) is 62.2 Å². The predicted molar refractivity (Wildman–Crippen MR) is 163 cm³/mol. The van der Waals surface area contributed by atoms with Crippen molar-refractivity contribution < 1.29 is 9.59 Å². The van der Waals surface area contributed by atoms with Crippen LogP contribution in [0.5, 0.6) is 0 Å². The van der Waals surface area contributed by atoms with Crippen molar-refractivity contribution in [1.29, 1.82) is 5.41 Å². The number of hydrogen-bond donors (Lipinski definition) is 5. The Balaban J connectivity index is 1.72. The molecular formula is C31H43N7O3. The van der Waals surface area contributed by atoms with Gasteiger partial charge in [0.1, 0.15) is 5.82 Å². The van der Waals surface area contributed by atoms with Crippen LogP contribution < -0.4 is 21.5 Å². The molecule has 2 aliphatic heterocycles. The first-order valence-corrected chi connectivity index (χ1v) is 14.2. The lowest BCUT2D eigenvalue weighted by atomic mass is 9.82. The number of nitrogens with one attached hydrogen (secondary N) is 5. The van der Waals surface area contributed by atoms with Crippen molar-refractivity contribution in [1.82, 2.24) is 25.5 Å². The summed E-state index contributed by atoms with van der Waals surface area (Å²) in [5.41, 5.74) is 3.78. The molecule has 2 aromatic heterocycles. The molecule has 2 aromatic rings. The number of hydrogen-bond acceptors (Lipinski definition) is 7. The van der Waals surface area contributed by atoms with Crippen molar-refractivity contribution in [2.75, 3.05) is 18.4 Å². The number of anilines is 1. The van der Waals surface area contributed by atoms with Gasteiger partial charge < -0.3 is 31.2 Å². The summed E-state index contributed by atoms with van der Waals surface area (Å²) in [6.07, 6.45) is 5.51. The molecule has 0 aliphatic carbocycles. The first kappa shape index (κ1) is 30.2. The van der Waals surface area contributed by atoms with Gasteiger partial charge in [0.15, 0.2) is 0 Å². The minimum atomic E-state index is -0.381. The molecule has 220 valence electrons. The summed E-state index contributed by atoms with van der Waals surface area (Å²) in [6.45, 7) is 15.1. The average molecular weight is 562 g/mol. The van der Waals surface area contributed by atoms with Crippen LogP contribution in [0.25, 0.3) is 5.57 Å². The number of aromatic nitrogens is 2. The number of carbonyl (C=O) groups excluding carboxylic acids is 2. The Morgan fingerprint density at radius 1 is 1.17 bits per heavy atom. The van der Waals surface area contributed by atoms with E-state index < -0.39 is 0 Å². The van der Waals surface area contributed by atoms with Gasteiger partial charge in [0.25, 0.3) is 11.5 Å². The van der Waals surface area contributed by atoms with Gasteiger partial charge in [0.2, 0.25) is 5.91 Å². The second-order valence-electron chi connectivity index (χ2n) is 12.6. The zero-order valence-electron chi connectivity index (χ0n) is 25.2. The number of nitrogens with zero attached hydrogens (tertiary/aromatic N) is 2. The summed E-state index contributed by atoms with van der Waals surface area (Å²) in [7, 11) is 0. The topological polar surface area (TPSA) is 143 Å². The first-order chi connectivity index (χ1) is 19.2. The Morgan fingerprint density at radius 3 is 2.44 bits per heavy atom. The lowest BCUT2D eigenvalue weighted by molar-refractivity contribution is -0.129. The molecule has 0 radical (unpaired) electrons. The van der Waals surface area contributed by atoms with Crippen LogP contribution in [0.15, 0.2) is 23.0 Å². The normalized spacial score (nSPS) is 18.4. The summed E-state index contributed by atoms with van der Waals surface area (Å²) >= 11 is 0. The van der Waals surface area contributed by atoms with Gasteiger partial charge >= 0.3 is 0 Å². The molecule has 10 heteroatoms. The van der Waals surface area contributed by atoms with E-state index in [9.17, 15) is 14.4 Å². The van der Waals surface area contributed by atoms with Gasteiger partial charge in [-0.3, -0.25) is 14.4 Å². The Kier molecular flexibility index (Phi) is 8.54. The summed E-state index contributed by atoms with van der Waals surface area (Å²) in [4.78, 5) is 47.7. The van der Waals surface area contributed by atoms with Gasteiger partial charge in [0.05, 0.1) is 11.3 Å². The molecule has 0 saturated carbocycles. The molecule has 1 saturated heterocycles. The van der Waals surface area contributed by atoms with Crippen LogP contribution in [-0.4, -0.2) is 63.1 Å². The second kappa shape index (κ2) is 11.6. The van der Waals surface area contributed by atoms with E-state index in [0.717, 1.165) is 35.9 Å². The third kappa shape index (κ3) is 7.11. The molecule has 0 spiro atoms. The monoisotopic (exact) mass is 561 g/mol. The lowest BCUT2D eigenvalue weighted by Gasteiger charge is -2.41. The number of likely N-dealkylation sites (tertiary alicyclic amines) is 1. The summed E-state index contributed by atoms with van der Waals surface area (Å²) in [5.74, 6) is 0.158. The molecule has 4 heterocycles. The maximum Gasteiger partial charge on any atom is 0.253 e. The minimum absolute atomic E-state index is 0.0478. The number of aromatic amines is 1. The average Bonchev–Trinajstić information content (AvgIpc) is 2.86. The number of piperidine rings is 1. The number of pyridine rings is 2. The maximum absolute atomic E-state index is 13.7. The van der Waals surface area contributed by atoms with E-state index in [2.05, 4.69) is 54.7 Å². The maximum atomic E-state index is 13.7. The molecule has 2 aliphatic rings. The van der Waals surface area contributed by atoms with Crippen molar-refractivity contribution in [3.63, 3.8) is 0 Å². The highest BCUT2D eigenvalue weighted by molar-refractivity contribution is 6.05. The van der Waals surface area contributed by atoms with Crippen molar-refractivity contribution in [3.8, 4) is 0 Å². The van der Waals surface area contributed by atoms with Crippen LogP contribution in [0.3, 0.4) is 0 Å². The third-order valence-corrected chi connectivity index (χ3v) is 7.81.